The Morgan fingerprint density at radius 3 is 2.55 bits per heavy atom. The van der Waals surface area contributed by atoms with E-state index >= 15 is 0 Å². The lowest BCUT2D eigenvalue weighted by molar-refractivity contribution is 0.0554. The van der Waals surface area contributed by atoms with E-state index in [1.54, 1.807) is 30.9 Å². The summed E-state index contributed by atoms with van der Waals surface area (Å²) in [7, 11) is 0. The number of aromatic amines is 1. The zero-order valence-corrected chi connectivity index (χ0v) is 21.5. The molecule has 13 nitrogen and oxygen atoms in total. The summed E-state index contributed by atoms with van der Waals surface area (Å²) in [6.07, 6.45) is 9.71. The number of piperidine rings is 1. The number of H-pyrrole nitrogens is 1. The van der Waals surface area contributed by atoms with Gasteiger partial charge in [0.1, 0.15) is 12.1 Å². The van der Waals surface area contributed by atoms with Crippen LogP contribution >= 0.6 is 0 Å². The fourth-order valence-electron chi connectivity index (χ4n) is 6.04. The van der Waals surface area contributed by atoms with Crippen molar-refractivity contribution in [3.8, 4) is 11.1 Å². The Kier molecular flexibility index (Phi) is 5.56. The predicted molar refractivity (Wildman–Crippen MR) is 136 cm³/mol. The van der Waals surface area contributed by atoms with Crippen LogP contribution < -0.4 is 5.73 Å². The van der Waals surface area contributed by atoms with Crippen molar-refractivity contribution in [1.29, 1.82) is 0 Å². The van der Waals surface area contributed by atoms with E-state index in [1.165, 1.54) is 17.8 Å². The molecule has 2 aliphatic rings. The Morgan fingerprint density at radius 2 is 1.92 bits per heavy atom. The Hall–Kier alpha value is -4.13. The van der Waals surface area contributed by atoms with Crippen molar-refractivity contribution in [2.75, 3.05) is 5.73 Å². The molecule has 2 saturated heterocycles. The molecule has 13 heteroatoms. The molecule has 1 amide bonds. The smallest absolute Gasteiger partial charge is 0.292 e. The molecule has 0 spiro atoms. The number of fused-ring (bicyclic) bond motifs is 3. The topological polar surface area (TPSA) is 173 Å². The highest BCUT2D eigenvalue weighted by molar-refractivity contribution is 6.00. The van der Waals surface area contributed by atoms with Crippen LogP contribution in [0.3, 0.4) is 0 Å². The summed E-state index contributed by atoms with van der Waals surface area (Å²) in [5, 5.41) is 26.6. The molecule has 4 N–H and O–H groups in total. The molecule has 1 unspecified atom stereocenters. The Morgan fingerprint density at radius 1 is 1.18 bits per heavy atom. The van der Waals surface area contributed by atoms with Gasteiger partial charge in [-0.05, 0) is 46.5 Å². The minimum Gasteiger partial charge on any atom is -0.389 e. The molecule has 198 valence electrons. The molecule has 0 aromatic carbocycles. The number of anilines is 1. The predicted octanol–water partition coefficient (Wildman–Crippen LogP) is 1.82. The van der Waals surface area contributed by atoms with Crippen LogP contribution in [0.4, 0.5) is 5.82 Å². The highest BCUT2D eigenvalue weighted by Gasteiger charge is 2.45. The highest BCUT2D eigenvalue weighted by atomic mass is 16.3. The van der Waals surface area contributed by atoms with Crippen LogP contribution in [0, 0.1) is 0 Å². The Labute approximate surface area is 218 Å². The second-order valence-corrected chi connectivity index (χ2v) is 10.9. The zero-order valence-electron chi connectivity index (χ0n) is 21.5. The quantitative estimate of drug-likeness (QED) is 0.322. The fraction of sp³-hybridized carbons (Fsp3) is 0.480. The van der Waals surface area contributed by atoms with Crippen molar-refractivity contribution in [1.82, 2.24) is 44.5 Å². The van der Waals surface area contributed by atoms with E-state index in [4.69, 9.17) is 10.7 Å². The number of rotatable bonds is 6. The fourth-order valence-corrected chi connectivity index (χ4v) is 6.04. The van der Waals surface area contributed by atoms with Gasteiger partial charge in [-0.2, -0.15) is 14.7 Å². The van der Waals surface area contributed by atoms with Crippen LogP contribution in [-0.4, -0.2) is 78.9 Å². The third-order valence-electron chi connectivity index (χ3n) is 7.53. The van der Waals surface area contributed by atoms with Crippen LogP contribution in [0.2, 0.25) is 0 Å². The molecule has 2 fully saturated rings. The second-order valence-electron chi connectivity index (χ2n) is 10.9. The zero-order chi connectivity index (χ0) is 26.8. The molecule has 2 aliphatic heterocycles. The number of nitrogen functional groups attached to an aromatic ring is 1. The molecule has 0 saturated carbocycles. The van der Waals surface area contributed by atoms with E-state index in [1.807, 2.05) is 11.1 Å². The lowest BCUT2D eigenvalue weighted by Gasteiger charge is -2.38. The maximum absolute atomic E-state index is 13.1. The average molecular weight is 519 g/mol. The lowest BCUT2D eigenvalue weighted by atomic mass is 9.85. The van der Waals surface area contributed by atoms with Gasteiger partial charge in [0.15, 0.2) is 11.4 Å². The first-order valence-corrected chi connectivity index (χ1v) is 12.7. The van der Waals surface area contributed by atoms with Crippen LogP contribution in [0.25, 0.3) is 16.8 Å². The van der Waals surface area contributed by atoms with Crippen molar-refractivity contribution in [2.45, 2.75) is 76.6 Å². The number of nitrogens with two attached hydrogens (primary N) is 1. The summed E-state index contributed by atoms with van der Waals surface area (Å²) >= 11 is 0. The molecule has 3 atom stereocenters. The molecule has 6 rings (SSSR count). The maximum atomic E-state index is 13.1. The van der Waals surface area contributed by atoms with Gasteiger partial charge in [-0.1, -0.05) is 0 Å². The normalized spacial score (nSPS) is 21.4. The van der Waals surface area contributed by atoms with Crippen LogP contribution in [-0.2, 0) is 6.54 Å². The van der Waals surface area contributed by atoms with Crippen LogP contribution in [0.15, 0.2) is 24.9 Å². The monoisotopic (exact) mass is 518 g/mol. The van der Waals surface area contributed by atoms with Gasteiger partial charge in [-0.25, -0.2) is 4.98 Å². The first-order valence-electron chi connectivity index (χ1n) is 12.7. The van der Waals surface area contributed by atoms with Gasteiger partial charge in [0.2, 0.25) is 5.82 Å². The number of carbonyl (C=O) groups is 2. The molecule has 2 bridgehead atoms. The molecular formula is C25H30N10O3. The molecule has 4 aromatic rings. The Bertz CT molecular complexity index is 1520. The van der Waals surface area contributed by atoms with Gasteiger partial charge in [-0.3, -0.25) is 14.3 Å². The largest absolute Gasteiger partial charge is 0.389 e. The van der Waals surface area contributed by atoms with Gasteiger partial charge in [0.25, 0.3) is 5.91 Å². The Balaban J connectivity index is 1.38. The molecule has 0 radical (unpaired) electrons. The van der Waals surface area contributed by atoms with Gasteiger partial charge >= 0.3 is 0 Å². The summed E-state index contributed by atoms with van der Waals surface area (Å²) in [5.74, 6) is 0.125. The SMILES string of the molecule is CC(=O)c1c(C2C[C@H]3CC[C@@H](C2)N3C(=O)c2nnc[nH]2)nc2c(-c3cnn(CC(C)(C)O)c3)cnn2c1N. The summed E-state index contributed by atoms with van der Waals surface area (Å²) in [4.78, 5) is 35.6. The summed E-state index contributed by atoms with van der Waals surface area (Å²) in [6, 6.07) is 0.0275. The van der Waals surface area contributed by atoms with Gasteiger partial charge in [-0.15, -0.1) is 10.2 Å². The first kappa shape index (κ1) is 24.2. The number of carbonyl (C=O) groups excluding carboxylic acids is 2. The standard InChI is InChI=1S/C25H30N10O3/c1-13(36)19-20(14-6-16-4-5-17(7-14)34(16)24(37)22-27-12-28-32-22)31-23-18(9-30-35(23)21(19)26)15-8-29-33(10-15)11-25(2,3)38/h8-10,12,14,16-17,38H,4-7,11,26H2,1-3H3,(H,27,28,32)/t14?,16-,17+. The number of Topliss-reactive ketones (excluding diaryl/α,β-unsaturated/α-hetero) is 1. The summed E-state index contributed by atoms with van der Waals surface area (Å²) in [5.41, 5.74) is 8.70. The number of aliphatic hydroxyl groups is 1. The molecule has 38 heavy (non-hydrogen) atoms. The van der Waals surface area contributed by atoms with Crippen molar-refractivity contribution in [3.63, 3.8) is 0 Å². The number of amides is 1. The summed E-state index contributed by atoms with van der Waals surface area (Å²) < 4.78 is 3.17. The van der Waals surface area contributed by atoms with Crippen LogP contribution in [0.5, 0.6) is 0 Å². The van der Waals surface area contributed by atoms with Crippen LogP contribution in [0.1, 0.15) is 79.0 Å². The van der Waals surface area contributed by atoms with Crippen molar-refractivity contribution in [2.24, 2.45) is 0 Å². The minimum absolute atomic E-state index is 0.0138. The van der Waals surface area contributed by atoms with E-state index in [-0.39, 0.29) is 41.3 Å². The minimum atomic E-state index is -0.917. The number of hydrogen-bond acceptors (Lipinski definition) is 9. The van der Waals surface area contributed by atoms with Gasteiger partial charge < -0.3 is 20.7 Å². The number of hydrogen-bond donors (Lipinski definition) is 3. The van der Waals surface area contributed by atoms with E-state index < -0.39 is 5.60 Å². The third-order valence-corrected chi connectivity index (χ3v) is 7.53. The molecule has 6 heterocycles. The third kappa shape index (κ3) is 4.02. The van der Waals surface area contributed by atoms with Crippen molar-refractivity contribution >= 4 is 23.2 Å². The van der Waals surface area contributed by atoms with E-state index in [0.29, 0.717) is 36.3 Å². The molecular weight excluding hydrogens is 488 g/mol. The van der Waals surface area contributed by atoms with Crippen molar-refractivity contribution < 1.29 is 14.7 Å². The van der Waals surface area contributed by atoms with Crippen molar-refractivity contribution in [3.05, 3.63) is 42.0 Å². The van der Waals surface area contributed by atoms with E-state index in [2.05, 4.69) is 25.4 Å². The number of aromatic nitrogens is 8. The number of nitrogens with one attached hydrogen (secondary N) is 1. The summed E-state index contributed by atoms with van der Waals surface area (Å²) in [6.45, 7) is 5.26. The molecule has 0 aliphatic carbocycles. The van der Waals surface area contributed by atoms with Gasteiger partial charge in [0, 0.05) is 35.3 Å². The van der Waals surface area contributed by atoms with E-state index in [9.17, 15) is 14.7 Å². The lowest BCUT2D eigenvalue weighted by Crippen LogP contribution is -2.46. The van der Waals surface area contributed by atoms with Gasteiger partial charge in [0.05, 0.1) is 35.8 Å². The second kappa shape index (κ2) is 8.72. The highest BCUT2D eigenvalue weighted by Crippen LogP contribution is 2.45. The average Bonchev–Trinajstić information content (AvgIpc) is 3.64. The number of nitrogens with zero attached hydrogens (tertiary/aromatic N) is 8. The molecule has 4 aromatic heterocycles. The maximum Gasteiger partial charge on any atom is 0.292 e. The number of ketones is 1. The van der Waals surface area contributed by atoms with E-state index in [0.717, 1.165) is 24.0 Å². The first-order chi connectivity index (χ1) is 18.1.